The fraction of sp³-hybridized carbons (Fsp3) is 0.0909. The van der Waals surface area contributed by atoms with Gasteiger partial charge >= 0.3 is 5.97 Å². The van der Waals surface area contributed by atoms with Crippen LogP contribution in [0.3, 0.4) is 0 Å². The average Bonchev–Trinajstić information content (AvgIpc) is 2.64. The van der Waals surface area contributed by atoms with Crippen molar-refractivity contribution in [2.24, 2.45) is 0 Å². The van der Waals surface area contributed by atoms with Gasteiger partial charge < -0.3 is 9.84 Å². The summed E-state index contributed by atoms with van der Waals surface area (Å²) in [5.74, 6) is -0.706. The molecule has 0 radical (unpaired) electrons. The second kappa shape index (κ2) is 4.65. The fourth-order valence-electron chi connectivity index (χ4n) is 1.29. The molecule has 0 aliphatic rings. The minimum absolute atomic E-state index is 0.244. The van der Waals surface area contributed by atoms with Crippen LogP contribution < -0.4 is 4.74 Å². The summed E-state index contributed by atoms with van der Waals surface area (Å²) in [6.07, 6.45) is 2.80. The van der Waals surface area contributed by atoms with Crippen LogP contribution in [-0.2, 0) is 11.3 Å². The van der Waals surface area contributed by atoms with Crippen LogP contribution in [0.25, 0.3) is 0 Å². The third-order valence-corrected chi connectivity index (χ3v) is 1.94. The summed E-state index contributed by atoms with van der Waals surface area (Å²) < 4.78 is 19.4. The molecule has 88 valence electrons. The first-order valence-electron chi connectivity index (χ1n) is 4.81. The number of aromatic nitrogens is 2. The predicted molar refractivity (Wildman–Crippen MR) is 56.3 cm³/mol. The zero-order chi connectivity index (χ0) is 12.3. The first-order valence-corrected chi connectivity index (χ1v) is 4.81. The molecular formula is C11H9FN2O3. The Labute approximate surface area is 96.1 Å². The van der Waals surface area contributed by atoms with Crippen LogP contribution in [0.4, 0.5) is 4.39 Å². The molecule has 17 heavy (non-hydrogen) atoms. The summed E-state index contributed by atoms with van der Waals surface area (Å²) in [5, 5.41) is 12.3. The van der Waals surface area contributed by atoms with E-state index in [4.69, 9.17) is 9.84 Å². The van der Waals surface area contributed by atoms with E-state index in [0.717, 1.165) is 0 Å². The number of rotatable bonds is 4. The number of halogens is 1. The van der Waals surface area contributed by atoms with Gasteiger partial charge in [-0.15, -0.1) is 0 Å². The second-order valence-electron chi connectivity index (χ2n) is 3.33. The number of carboxylic acids is 1. The maximum Gasteiger partial charge on any atom is 0.325 e. The lowest BCUT2D eigenvalue weighted by molar-refractivity contribution is -0.137. The predicted octanol–water partition coefficient (Wildman–Crippen LogP) is 1.90. The highest BCUT2D eigenvalue weighted by Gasteiger charge is 2.04. The molecule has 6 heteroatoms. The molecule has 5 nitrogen and oxygen atoms in total. The zero-order valence-corrected chi connectivity index (χ0v) is 8.71. The minimum Gasteiger partial charge on any atom is -0.480 e. The number of carboxylic acid groups (broad SMARTS) is 1. The van der Waals surface area contributed by atoms with Gasteiger partial charge in [0.05, 0.1) is 12.4 Å². The van der Waals surface area contributed by atoms with Gasteiger partial charge in [0.1, 0.15) is 18.1 Å². The second-order valence-corrected chi connectivity index (χ2v) is 3.33. The van der Waals surface area contributed by atoms with Crippen LogP contribution in [0.1, 0.15) is 0 Å². The molecule has 0 fully saturated rings. The molecule has 0 spiro atoms. The van der Waals surface area contributed by atoms with Crippen molar-refractivity contribution in [1.29, 1.82) is 0 Å². The van der Waals surface area contributed by atoms with Crippen molar-refractivity contribution in [1.82, 2.24) is 9.78 Å². The highest BCUT2D eigenvalue weighted by atomic mass is 19.1. The number of carbonyl (C=O) groups is 1. The van der Waals surface area contributed by atoms with Crippen LogP contribution in [-0.4, -0.2) is 20.9 Å². The molecule has 1 aromatic heterocycles. The van der Waals surface area contributed by atoms with E-state index < -0.39 is 11.8 Å². The summed E-state index contributed by atoms with van der Waals surface area (Å²) in [4.78, 5) is 10.4. The number of hydrogen-bond acceptors (Lipinski definition) is 3. The van der Waals surface area contributed by atoms with Crippen LogP contribution in [0, 0.1) is 5.82 Å². The molecule has 0 bridgehead atoms. The Balaban J connectivity index is 2.08. The summed E-state index contributed by atoms with van der Waals surface area (Å²) in [7, 11) is 0. The van der Waals surface area contributed by atoms with Crippen molar-refractivity contribution in [3.63, 3.8) is 0 Å². The highest BCUT2D eigenvalue weighted by Crippen LogP contribution is 2.20. The van der Waals surface area contributed by atoms with Crippen LogP contribution in [0.2, 0.25) is 0 Å². The minimum atomic E-state index is -0.995. The van der Waals surface area contributed by atoms with Gasteiger partial charge in [-0.25, -0.2) is 4.39 Å². The Bertz CT molecular complexity index is 539. The maximum absolute atomic E-state index is 12.9. The summed E-state index contributed by atoms with van der Waals surface area (Å²) in [6.45, 7) is -0.244. The Morgan fingerprint density at radius 2 is 2.29 bits per heavy atom. The van der Waals surface area contributed by atoms with Crippen LogP contribution in [0.5, 0.6) is 11.5 Å². The summed E-state index contributed by atoms with van der Waals surface area (Å²) in [5.41, 5.74) is 0. The molecular weight excluding hydrogens is 227 g/mol. The fourth-order valence-corrected chi connectivity index (χ4v) is 1.29. The monoisotopic (exact) mass is 236 g/mol. The van der Waals surface area contributed by atoms with Crippen LogP contribution >= 0.6 is 0 Å². The number of benzene rings is 1. The lowest BCUT2D eigenvalue weighted by atomic mass is 10.3. The SMILES string of the molecule is O=C(O)Cn1cc(Oc2cccc(F)c2)cn1. The quantitative estimate of drug-likeness (QED) is 0.880. The lowest BCUT2D eigenvalue weighted by Crippen LogP contribution is -2.08. The van der Waals surface area contributed by atoms with Crippen molar-refractivity contribution in [3.8, 4) is 11.5 Å². The van der Waals surface area contributed by atoms with E-state index in [-0.39, 0.29) is 6.54 Å². The van der Waals surface area contributed by atoms with Gasteiger partial charge in [0.15, 0.2) is 5.75 Å². The molecule has 0 aliphatic carbocycles. The molecule has 1 heterocycles. The smallest absolute Gasteiger partial charge is 0.325 e. The third-order valence-electron chi connectivity index (χ3n) is 1.94. The van der Waals surface area contributed by atoms with Gasteiger partial charge in [-0.2, -0.15) is 5.10 Å². The molecule has 0 aliphatic heterocycles. The molecule has 0 saturated heterocycles. The van der Waals surface area contributed by atoms with Crippen LogP contribution in [0.15, 0.2) is 36.7 Å². The van der Waals surface area contributed by atoms with Gasteiger partial charge in [-0.1, -0.05) is 6.07 Å². The third kappa shape index (κ3) is 3.04. The maximum atomic E-state index is 12.9. The van der Waals surface area contributed by atoms with E-state index in [0.29, 0.717) is 11.5 Å². The topological polar surface area (TPSA) is 64.3 Å². The molecule has 2 rings (SSSR count). The Morgan fingerprint density at radius 3 is 3.00 bits per heavy atom. The van der Waals surface area contributed by atoms with Gasteiger partial charge in [0.25, 0.3) is 0 Å². The van der Waals surface area contributed by atoms with Crippen molar-refractivity contribution < 1.29 is 19.0 Å². The number of hydrogen-bond donors (Lipinski definition) is 1. The molecule has 0 amide bonds. The molecule has 0 atom stereocenters. The average molecular weight is 236 g/mol. The molecule has 1 aromatic carbocycles. The molecule has 0 saturated carbocycles. The van der Waals surface area contributed by atoms with E-state index in [2.05, 4.69) is 5.10 Å². The summed E-state index contributed by atoms with van der Waals surface area (Å²) in [6, 6.07) is 5.65. The van der Waals surface area contributed by atoms with E-state index in [1.165, 1.54) is 35.3 Å². The van der Waals surface area contributed by atoms with E-state index in [1.807, 2.05) is 0 Å². The summed E-state index contributed by atoms with van der Waals surface area (Å²) >= 11 is 0. The highest BCUT2D eigenvalue weighted by molar-refractivity contribution is 5.66. The lowest BCUT2D eigenvalue weighted by Gasteiger charge is -2.01. The van der Waals surface area contributed by atoms with E-state index in [9.17, 15) is 9.18 Å². The van der Waals surface area contributed by atoms with Gasteiger partial charge in [0.2, 0.25) is 0 Å². The number of ether oxygens (including phenoxy) is 1. The molecule has 1 N–H and O–H groups in total. The first kappa shape index (κ1) is 11.1. The standard InChI is InChI=1S/C11H9FN2O3/c12-8-2-1-3-9(4-8)17-10-5-13-14(6-10)7-11(15)16/h1-6H,7H2,(H,15,16). The number of nitrogens with zero attached hydrogens (tertiary/aromatic N) is 2. The van der Waals surface area contributed by atoms with Gasteiger partial charge in [-0.05, 0) is 12.1 Å². The van der Waals surface area contributed by atoms with E-state index >= 15 is 0 Å². The Morgan fingerprint density at radius 1 is 1.47 bits per heavy atom. The van der Waals surface area contributed by atoms with E-state index in [1.54, 1.807) is 6.07 Å². The largest absolute Gasteiger partial charge is 0.480 e. The normalized spacial score (nSPS) is 10.2. The first-order chi connectivity index (χ1) is 8.13. The van der Waals surface area contributed by atoms with Gasteiger partial charge in [-0.3, -0.25) is 9.48 Å². The Kier molecular flexibility index (Phi) is 3.04. The van der Waals surface area contributed by atoms with Crippen molar-refractivity contribution in [3.05, 3.63) is 42.5 Å². The zero-order valence-electron chi connectivity index (χ0n) is 8.71. The van der Waals surface area contributed by atoms with Crippen molar-refractivity contribution in [2.45, 2.75) is 6.54 Å². The molecule has 0 unspecified atom stereocenters. The Hall–Kier alpha value is -2.37. The van der Waals surface area contributed by atoms with Gasteiger partial charge in [0, 0.05) is 6.07 Å². The molecule has 2 aromatic rings. The van der Waals surface area contributed by atoms with Crippen molar-refractivity contribution >= 4 is 5.97 Å². The number of aliphatic carboxylic acids is 1. The van der Waals surface area contributed by atoms with Crippen molar-refractivity contribution in [2.75, 3.05) is 0 Å².